The number of aromatic nitrogens is 3. The molecule has 0 saturated carbocycles. The molecule has 1 heterocycles. The molecule has 5 nitrogen and oxygen atoms in total. The molecule has 0 aliphatic carbocycles. The SMILES string of the molecule is O=C([OH2+])/C=C\n1cnc(-c2cc(C(F)(F)F)cc(C(F)(F)F)c2)n1. The van der Waals surface area contributed by atoms with E-state index in [0.29, 0.717) is 12.1 Å². The lowest BCUT2D eigenvalue weighted by Crippen LogP contribution is -2.11. The van der Waals surface area contributed by atoms with Gasteiger partial charge in [0.1, 0.15) is 12.4 Å². The summed E-state index contributed by atoms with van der Waals surface area (Å²) >= 11 is 0. The van der Waals surface area contributed by atoms with Crippen molar-refractivity contribution < 1.29 is 36.2 Å². The minimum atomic E-state index is -4.98. The van der Waals surface area contributed by atoms with Crippen LogP contribution in [0.4, 0.5) is 26.3 Å². The first kappa shape index (κ1) is 17.5. The van der Waals surface area contributed by atoms with Gasteiger partial charge < -0.3 is 5.11 Å². The number of nitrogens with zero attached hydrogens (tertiary/aromatic N) is 3. The average molecular weight is 352 g/mol. The number of rotatable bonds is 3. The van der Waals surface area contributed by atoms with Gasteiger partial charge in [0.05, 0.1) is 11.1 Å². The Hall–Kier alpha value is -2.85. The van der Waals surface area contributed by atoms with E-state index in [1.807, 2.05) is 0 Å². The van der Waals surface area contributed by atoms with Gasteiger partial charge in [-0.25, -0.2) is 9.67 Å². The highest BCUT2D eigenvalue weighted by atomic mass is 19.4. The maximum Gasteiger partial charge on any atom is 0.543 e. The van der Waals surface area contributed by atoms with Gasteiger partial charge >= 0.3 is 18.3 Å². The van der Waals surface area contributed by atoms with Gasteiger partial charge in [-0.3, -0.25) is 0 Å². The fraction of sp³-hybridized carbons (Fsp3) is 0.154. The average Bonchev–Trinajstić information content (AvgIpc) is 2.91. The van der Waals surface area contributed by atoms with Crippen LogP contribution in [0.3, 0.4) is 0 Å². The molecule has 0 spiro atoms. The fourth-order valence-electron chi connectivity index (χ4n) is 1.71. The molecule has 24 heavy (non-hydrogen) atoms. The van der Waals surface area contributed by atoms with Gasteiger partial charge in [0.25, 0.3) is 0 Å². The monoisotopic (exact) mass is 352 g/mol. The summed E-state index contributed by atoms with van der Waals surface area (Å²) in [5.74, 6) is -1.46. The lowest BCUT2D eigenvalue weighted by molar-refractivity contribution is -0.143. The Kier molecular flexibility index (Phi) is 4.36. The van der Waals surface area contributed by atoms with Crippen LogP contribution in [0.2, 0.25) is 0 Å². The second-order valence-corrected chi connectivity index (χ2v) is 4.52. The number of alkyl halides is 6. The fourth-order valence-corrected chi connectivity index (χ4v) is 1.71. The standard InChI is InChI=1S/C13H7F6N3O2/c14-12(15,16)8-3-7(4-9(5-8)13(17,18)19)11-20-6-22(21-11)2-1-10(23)24/h1-6H,(H,23,24)/p+1/b2-1-. The van der Waals surface area contributed by atoms with Gasteiger partial charge in [-0.15, -0.1) is 5.10 Å². The van der Waals surface area contributed by atoms with E-state index in [4.69, 9.17) is 5.11 Å². The summed E-state index contributed by atoms with van der Waals surface area (Å²) in [6.07, 6.45) is -7.20. The second-order valence-electron chi connectivity index (χ2n) is 4.52. The van der Waals surface area contributed by atoms with E-state index < -0.39 is 40.8 Å². The molecule has 2 N–H and O–H groups in total. The van der Waals surface area contributed by atoms with Crippen LogP contribution in [0, 0.1) is 0 Å². The molecule has 0 fully saturated rings. The van der Waals surface area contributed by atoms with E-state index >= 15 is 0 Å². The molecular weight excluding hydrogens is 344 g/mol. The molecular formula is C13H8F6N3O2+. The first-order valence-corrected chi connectivity index (χ1v) is 6.11. The molecule has 2 rings (SSSR count). The maximum absolute atomic E-state index is 12.8. The predicted octanol–water partition coefficient (Wildman–Crippen LogP) is 2.70. The van der Waals surface area contributed by atoms with Gasteiger partial charge in [-0.2, -0.15) is 26.3 Å². The third-order valence-corrected chi connectivity index (χ3v) is 2.73. The van der Waals surface area contributed by atoms with E-state index in [-0.39, 0.29) is 6.07 Å². The van der Waals surface area contributed by atoms with E-state index in [2.05, 4.69) is 10.1 Å². The molecule has 0 saturated heterocycles. The van der Waals surface area contributed by atoms with Crippen LogP contribution in [0.25, 0.3) is 17.6 Å². The highest BCUT2D eigenvalue weighted by Crippen LogP contribution is 2.37. The van der Waals surface area contributed by atoms with Crippen LogP contribution < -0.4 is 0 Å². The third kappa shape index (κ3) is 4.12. The molecule has 0 atom stereocenters. The topological polar surface area (TPSA) is 70.7 Å². The van der Waals surface area contributed by atoms with Crippen LogP contribution in [0.5, 0.6) is 0 Å². The number of halogens is 6. The largest absolute Gasteiger partial charge is 0.561 e. The minimum absolute atomic E-state index is 0.000838. The molecule has 128 valence electrons. The Morgan fingerprint density at radius 1 is 1.04 bits per heavy atom. The van der Waals surface area contributed by atoms with Gasteiger partial charge in [0.15, 0.2) is 5.82 Å². The predicted molar refractivity (Wildman–Crippen MR) is 69.4 cm³/mol. The molecule has 0 unspecified atom stereocenters. The molecule has 11 heteroatoms. The molecule has 1 aromatic carbocycles. The summed E-state index contributed by atoms with van der Waals surface area (Å²) in [5.41, 5.74) is -3.46. The summed E-state index contributed by atoms with van der Waals surface area (Å²) < 4.78 is 77.6. The van der Waals surface area contributed by atoms with E-state index in [9.17, 15) is 31.1 Å². The Balaban J connectivity index is 2.52. The zero-order valence-corrected chi connectivity index (χ0v) is 11.5. The molecule has 0 radical (unpaired) electrons. The van der Waals surface area contributed by atoms with E-state index in [0.717, 1.165) is 23.3 Å². The normalized spacial score (nSPS) is 12.8. The molecule has 0 aliphatic rings. The lowest BCUT2D eigenvalue weighted by atomic mass is 10.0. The van der Waals surface area contributed by atoms with Gasteiger partial charge in [0, 0.05) is 16.6 Å². The summed E-state index contributed by atoms with van der Waals surface area (Å²) in [4.78, 5) is 14.1. The molecule has 0 aliphatic heterocycles. The second kappa shape index (κ2) is 5.98. The van der Waals surface area contributed by atoms with Crippen molar-refractivity contribution in [2.24, 2.45) is 0 Å². The van der Waals surface area contributed by atoms with Crippen molar-refractivity contribution in [2.45, 2.75) is 12.4 Å². The van der Waals surface area contributed by atoms with Crippen molar-refractivity contribution in [2.75, 3.05) is 0 Å². The Morgan fingerprint density at radius 3 is 2.04 bits per heavy atom. The van der Waals surface area contributed by atoms with Crippen LogP contribution in [0.1, 0.15) is 11.1 Å². The molecule has 0 amide bonds. The van der Waals surface area contributed by atoms with Crippen LogP contribution in [0.15, 0.2) is 30.6 Å². The highest BCUT2D eigenvalue weighted by molar-refractivity contribution is 5.82. The Labute approximate surface area is 129 Å². The Morgan fingerprint density at radius 2 is 1.58 bits per heavy atom. The first-order valence-electron chi connectivity index (χ1n) is 6.11. The lowest BCUT2D eigenvalue weighted by Gasteiger charge is -2.13. The minimum Gasteiger partial charge on any atom is -0.561 e. The summed E-state index contributed by atoms with van der Waals surface area (Å²) in [5, 5.41) is 10.3. The summed E-state index contributed by atoms with van der Waals surface area (Å²) in [6.45, 7) is 0. The molecule has 2 aromatic rings. The van der Waals surface area contributed by atoms with Gasteiger partial charge in [-0.05, 0) is 18.2 Å². The maximum atomic E-state index is 12.8. The third-order valence-electron chi connectivity index (χ3n) is 2.73. The van der Waals surface area contributed by atoms with Crippen molar-refractivity contribution in [1.29, 1.82) is 0 Å². The quantitative estimate of drug-likeness (QED) is 0.484. The zero-order chi connectivity index (χ0) is 18.1. The van der Waals surface area contributed by atoms with Crippen molar-refractivity contribution in [3.8, 4) is 11.4 Å². The molecule has 1 aromatic heterocycles. The van der Waals surface area contributed by atoms with Crippen molar-refractivity contribution in [3.05, 3.63) is 41.7 Å². The Bertz CT molecular complexity index is 759. The smallest absolute Gasteiger partial charge is 0.543 e. The number of benzene rings is 1. The van der Waals surface area contributed by atoms with Crippen molar-refractivity contribution in [3.63, 3.8) is 0 Å². The first-order chi connectivity index (χ1) is 11.0. The number of hydrogen-bond donors (Lipinski definition) is 0. The molecule has 0 bridgehead atoms. The number of carbonyl (C=O) groups is 1. The van der Waals surface area contributed by atoms with Crippen molar-refractivity contribution >= 4 is 12.2 Å². The zero-order valence-electron chi connectivity index (χ0n) is 11.5. The van der Waals surface area contributed by atoms with E-state index in [1.54, 1.807) is 0 Å². The summed E-state index contributed by atoms with van der Waals surface area (Å²) in [7, 11) is 0. The van der Waals surface area contributed by atoms with Crippen LogP contribution in [-0.4, -0.2) is 25.8 Å². The highest BCUT2D eigenvalue weighted by Gasteiger charge is 2.37. The van der Waals surface area contributed by atoms with Crippen molar-refractivity contribution in [1.82, 2.24) is 14.8 Å². The van der Waals surface area contributed by atoms with Gasteiger partial charge in [0.2, 0.25) is 0 Å². The number of carbonyl (C=O) groups excluding carboxylic acids is 1. The van der Waals surface area contributed by atoms with E-state index in [1.165, 1.54) is 0 Å². The van der Waals surface area contributed by atoms with Crippen LogP contribution >= 0.6 is 0 Å². The van der Waals surface area contributed by atoms with Gasteiger partial charge in [-0.1, -0.05) is 0 Å². The summed E-state index contributed by atoms with van der Waals surface area (Å²) in [6, 6.07) is 0.988. The number of hydrogen-bond acceptors (Lipinski definition) is 3. The van der Waals surface area contributed by atoms with Crippen LogP contribution in [-0.2, 0) is 17.1 Å².